The van der Waals surface area contributed by atoms with Crippen LogP contribution in [-0.2, 0) is 15.8 Å². The van der Waals surface area contributed by atoms with E-state index in [1.54, 1.807) is 25.1 Å². The largest absolute Gasteiger partial charge is 0.439 e. The second kappa shape index (κ2) is 7.39. The van der Waals surface area contributed by atoms with Crippen molar-refractivity contribution in [3.63, 3.8) is 0 Å². The summed E-state index contributed by atoms with van der Waals surface area (Å²) in [6.45, 7) is 3.57. The van der Waals surface area contributed by atoms with Crippen molar-refractivity contribution in [2.45, 2.75) is 25.6 Å². The fourth-order valence-electron chi connectivity index (χ4n) is 2.62. The molecule has 0 radical (unpaired) electrons. The lowest BCUT2D eigenvalue weighted by molar-refractivity contribution is 0.452. The standard InChI is InChI=1S/C19H19FN2O3S/c1-13-4-3-5-15(10-13)12-26(23,24)22-14(2)19-21-11-18(25-19)16-6-8-17(20)9-7-16/h3-11,14,22H,12H2,1-2H3. The van der Waals surface area contributed by atoms with E-state index in [0.717, 1.165) is 5.56 Å². The van der Waals surface area contributed by atoms with E-state index in [-0.39, 0.29) is 17.5 Å². The summed E-state index contributed by atoms with van der Waals surface area (Å²) in [5, 5.41) is 0. The van der Waals surface area contributed by atoms with E-state index in [1.165, 1.54) is 18.3 Å². The summed E-state index contributed by atoms with van der Waals surface area (Å²) < 4.78 is 46.0. The molecule has 3 rings (SSSR count). The Labute approximate surface area is 151 Å². The van der Waals surface area contributed by atoms with E-state index < -0.39 is 16.1 Å². The molecule has 3 aromatic rings. The van der Waals surface area contributed by atoms with Crippen molar-refractivity contribution in [3.05, 3.63) is 77.6 Å². The van der Waals surface area contributed by atoms with E-state index in [1.807, 2.05) is 25.1 Å². The van der Waals surface area contributed by atoms with Crippen molar-refractivity contribution in [2.75, 3.05) is 0 Å². The third-order valence-corrected chi connectivity index (χ3v) is 5.24. The minimum Gasteiger partial charge on any atom is -0.439 e. The second-order valence-electron chi connectivity index (χ2n) is 6.16. The highest BCUT2D eigenvalue weighted by molar-refractivity contribution is 7.88. The van der Waals surface area contributed by atoms with Crippen LogP contribution in [0.25, 0.3) is 11.3 Å². The van der Waals surface area contributed by atoms with Crippen LogP contribution >= 0.6 is 0 Å². The monoisotopic (exact) mass is 374 g/mol. The number of aryl methyl sites for hydroxylation is 1. The Balaban J connectivity index is 1.71. The van der Waals surface area contributed by atoms with Crippen LogP contribution in [-0.4, -0.2) is 13.4 Å². The fraction of sp³-hybridized carbons (Fsp3) is 0.211. The topological polar surface area (TPSA) is 72.2 Å². The molecule has 7 heteroatoms. The number of aromatic nitrogens is 1. The van der Waals surface area contributed by atoms with E-state index >= 15 is 0 Å². The zero-order chi connectivity index (χ0) is 18.7. The first-order valence-corrected chi connectivity index (χ1v) is 9.75. The van der Waals surface area contributed by atoms with Gasteiger partial charge in [-0.25, -0.2) is 22.5 Å². The predicted molar refractivity (Wildman–Crippen MR) is 97.3 cm³/mol. The van der Waals surface area contributed by atoms with Gasteiger partial charge in [-0.1, -0.05) is 29.8 Å². The fourth-order valence-corrected chi connectivity index (χ4v) is 3.96. The summed E-state index contributed by atoms with van der Waals surface area (Å²) in [5.41, 5.74) is 2.38. The van der Waals surface area contributed by atoms with Gasteiger partial charge in [0, 0.05) is 5.56 Å². The van der Waals surface area contributed by atoms with E-state index in [0.29, 0.717) is 16.9 Å². The molecule has 2 aromatic carbocycles. The first-order chi connectivity index (χ1) is 12.3. The highest BCUT2D eigenvalue weighted by atomic mass is 32.2. The molecular weight excluding hydrogens is 355 g/mol. The van der Waals surface area contributed by atoms with Gasteiger partial charge in [-0.3, -0.25) is 0 Å². The Morgan fingerprint density at radius 1 is 1.19 bits per heavy atom. The van der Waals surface area contributed by atoms with Crippen molar-refractivity contribution in [1.82, 2.24) is 9.71 Å². The van der Waals surface area contributed by atoms with Crippen LogP contribution < -0.4 is 4.72 Å². The van der Waals surface area contributed by atoms with E-state index in [9.17, 15) is 12.8 Å². The summed E-state index contributed by atoms with van der Waals surface area (Å²) in [6.07, 6.45) is 1.49. The SMILES string of the molecule is Cc1cccc(CS(=O)(=O)NC(C)c2ncc(-c3ccc(F)cc3)o2)c1. The zero-order valence-corrected chi connectivity index (χ0v) is 15.3. The molecule has 1 heterocycles. The summed E-state index contributed by atoms with van der Waals surface area (Å²) in [5.74, 6) is 0.234. The van der Waals surface area contributed by atoms with Gasteiger partial charge in [-0.2, -0.15) is 0 Å². The molecule has 0 saturated heterocycles. The minimum absolute atomic E-state index is 0.120. The number of benzene rings is 2. The Hall–Kier alpha value is -2.51. The Morgan fingerprint density at radius 3 is 2.62 bits per heavy atom. The molecule has 1 N–H and O–H groups in total. The number of rotatable bonds is 6. The van der Waals surface area contributed by atoms with Crippen LogP contribution in [0.2, 0.25) is 0 Å². The Kier molecular flexibility index (Phi) is 5.20. The molecule has 0 saturated carbocycles. The molecule has 1 unspecified atom stereocenters. The molecule has 0 aliphatic rings. The van der Waals surface area contributed by atoms with Crippen LogP contribution in [0, 0.1) is 12.7 Å². The Bertz CT molecular complexity index is 998. The quantitative estimate of drug-likeness (QED) is 0.709. The van der Waals surface area contributed by atoms with Crippen molar-refractivity contribution in [1.29, 1.82) is 0 Å². The van der Waals surface area contributed by atoms with Crippen LogP contribution in [0.5, 0.6) is 0 Å². The maximum absolute atomic E-state index is 13.0. The number of halogens is 1. The molecular formula is C19H19FN2O3S. The number of hydrogen-bond donors (Lipinski definition) is 1. The lowest BCUT2D eigenvalue weighted by atomic mass is 10.2. The van der Waals surface area contributed by atoms with Crippen LogP contribution in [0.3, 0.4) is 0 Å². The zero-order valence-electron chi connectivity index (χ0n) is 14.4. The number of hydrogen-bond acceptors (Lipinski definition) is 4. The van der Waals surface area contributed by atoms with Crippen molar-refractivity contribution >= 4 is 10.0 Å². The third kappa shape index (κ3) is 4.56. The van der Waals surface area contributed by atoms with Gasteiger partial charge in [0.15, 0.2) is 5.76 Å². The number of sulfonamides is 1. The average Bonchev–Trinajstić information content (AvgIpc) is 3.04. The minimum atomic E-state index is -3.56. The summed E-state index contributed by atoms with van der Waals surface area (Å²) in [7, 11) is -3.56. The van der Waals surface area contributed by atoms with Gasteiger partial charge in [0.1, 0.15) is 5.82 Å². The summed E-state index contributed by atoms with van der Waals surface area (Å²) in [4.78, 5) is 4.13. The summed E-state index contributed by atoms with van der Waals surface area (Å²) >= 11 is 0. The molecule has 136 valence electrons. The van der Waals surface area contributed by atoms with Crippen LogP contribution in [0.15, 0.2) is 59.1 Å². The normalized spacial score (nSPS) is 12.9. The molecule has 0 bridgehead atoms. The summed E-state index contributed by atoms with van der Waals surface area (Å²) in [6, 6.07) is 12.5. The van der Waals surface area contributed by atoms with Gasteiger partial charge >= 0.3 is 0 Å². The molecule has 1 aromatic heterocycles. The molecule has 1 atom stereocenters. The molecule has 26 heavy (non-hydrogen) atoms. The lowest BCUT2D eigenvalue weighted by Gasteiger charge is -2.11. The predicted octanol–water partition coefficient (Wildman–Crippen LogP) is 3.97. The molecule has 5 nitrogen and oxygen atoms in total. The molecule has 0 aliphatic heterocycles. The van der Waals surface area contributed by atoms with Gasteiger partial charge < -0.3 is 4.42 Å². The number of oxazole rings is 1. The smallest absolute Gasteiger partial charge is 0.216 e. The van der Waals surface area contributed by atoms with E-state index in [4.69, 9.17) is 4.42 Å². The highest BCUT2D eigenvalue weighted by Gasteiger charge is 2.20. The highest BCUT2D eigenvalue weighted by Crippen LogP contribution is 2.24. The second-order valence-corrected chi connectivity index (χ2v) is 7.91. The van der Waals surface area contributed by atoms with Gasteiger partial charge in [0.2, 0.25) is 15.9 Å². The van der Waals surface area contributed by atoms with Crippen LogP contribution in [0.1, 0.15) is 30.0 Å². The maximum atomic E-state index is 13.0. The van der Waals surface area contributed by atoms with Crippen molar-refractivity contribution in [2.24, 2.45) is 0 Å². The van der Waals surface area contributed by atoms with Crippen molar-refractivity contribution in [3.8, 4) is 11.3 Å². The third-order valence-electron chi connectivity index (χ3n) is 3.82. The van der Waals surface area contributed by atoms with Crippen molar-refractivity contribution < 1.29 is 17.2 Å². The average molecular weight is 374 g/mol. The maximum Gasteiger partial charge on any atom is 0.216 e. The molecule has 0 aliphatic carbocycles. The molecule has 0 amide bonds. The van der Waals surface area contributed by atoms with Gasteiger partial charge in [-0.05, 0) is 43.7 Å². The first kappa shape index (κ1) is 18.3. The number of nitrogens with one attached hydrogen (secondary N) is 1. The van der Waals surface area contributed by atoms with Gasteiger partial charge in [0.05, 0.1) is 18.0 Å². The number of nitrogens with zero attached hydrogens (tertiary/aromatic N) is 1. The Morgan fingerprint density at radius 2 is 1.92 bits per heavy atom. The van der Waals surface area contributed by atoms with Gasteiger partial charge in [0.25, 0.3) is 0 Å². The first-order valence-electron chi connectivity index (χ1n) is 8.09. The van der Waals surface area contributed by atoms with Crippen LogP contribution in [0.4, 0.5) is 4.39 Å². The lowest BCUT2D eigenvalue weighted by Crippen LogP contribution is -2.28. The van der Waals surface area contributed by atoms with E-state index in [2.05, 4.69) is 9.71 Å². The molecule has 0 fully saturated rings. The molecule has 0 spiro atoms. The van der Waals surface area contributed by atoms with Gasteiger partial charge in [-0.15, -0.1) is 0 Å².